The van der Waals surface area contributed by atoms with Crippen molar-refractivity contribution in [3.63, 3.8) is 0 Å². The van der Waals surface area contributed by atoms with E-state index in [1.807, 2.05) is 0 Å². The Bertz CT molecular complexity index is 763. The molecule has 0 amide bonds. The Balaban J connectivity index is -0.000000500. The largest absolute Gasteiger partial charge is 0.381 e. The summed E-state index contributed by atoms with van der Waals surface area (Å²) in [6, 6.07) is -0.228. The summed E-state index contributed by atoms with van der Waals surface area (Å²) in [7, 11) is 4.84. The second-order valence-corrected chi connectivity index (χ2v) is 19.7. The zero-order chi connectivity index (χ0) is 30.7. The van der Waals surface area contributed by atoms with E-state index in [0.717, 1.165) is 9.34 Å². The Hall–Kier alpha value is 0.420. The molecule has 2 N–H and O–H groups in total. The van der Waals surface area contributed by atoms with Gasteiger partial charge in [0.25, 0.3) is 0 Å². The molecule has 37 heavy (non-hydrogen) atoms. The molecule has 0 aromatic carbocycles. The Labute approximate surface area is 224 Å². The van der Waals surface area contributed by atoms with Gasteiger partial charge in [-0.25, -0.2) is 42.5 Å². The number of nitrogens with zero attached hydrogens (tertiary/aromatic N) is 6. The SMILES string of the molecule is CC(C)NP(=O)(F)NC(C)C.CN(C)P(=O)(F)N(C)C.CN(C)P(=O)(OP(=O)(N(C)C)N(C)C)N(C)C. The first-order chi connectivity index (χ1) is 16.2. The number of hydrogen-bond donors (Lipinski definition) is 2. The highest BCUT2D eigenvalue weighted by atomic mass is 31.3. The topological polar surface area (TPSA) is 121 Å². The molecule has 0 aliphatic carbocycles. The molecule has 0 aliphatic heterocycles. The van der Waals surface area contributed by atoms with E-state index in [1.54, 1.807) is 84.1 Å². The molecular formula is C18H52F2N8O5P4. The molecule has 0 aromatic rings. The van der Waals surface area contributed by atoms with Gasteiger partial charge in [-0.05, 0) is 112 Å². The van der Waals surface area contributed by atoms with E-state index in [4.69, 9.17) is 4.31 Å². The average molecular weight is 623 g/mol. The summed E-state index contributed by atoms with van der Waals surface area (Å²) in [5.74, 6) is 0. The van der Waals surface area contributed by atoms with Gasteiger partial charge in [-0.3, -0.25) is 18.3 Å². The molecule has 0 fully saturated rings. The zero-order valence-electron chi connectivity index (χ0n) is 25.4. The summed E-state index contributed by atoms with van der Waals surface area (Å²) >= 11 is 0. The lowest BCUT2D eigenvalue weighted by Gasteiger charge is -2.36. The number of hydrogen-bond acceptors (Lipinski definition) is 5. The third kappa shape index (κ3) is 15.7. The van der Waals surface area contributed by atoms with E-state index in [-0.39, 0.29) is 12.1 Å². The number of halogens is 2. The summed E-state index contributed by atoms with van der Waals surface area (Å²) in [6.45, 7) is 6.98. The molecule has 0 saturated heterocycles. The van der Waals surface area contributed by atoms with Gasteiger partial charge in [0.15, 0.2) is 0 Å². The van der Waals surface area contributed by atoms with E-state index in [2.05, 4.69) is 10.2 Å². The van der Waals surface area contributed by atoms with Gasteiger partial charge >= 0.3 is 30.8 Å². The quantitative estimate of drug-likeness (QED) is 0.293. The third-order valence-electron chi connectivity index (χ3n) is 4.07. The summed E-state index contributed by atoms with van der Waals surface area (Å²) in [5, 5.41) is 4.66. The lowest BCUT2D eigenvalue weighted by molar-refractivity contribution is 0.303. The van der Waals surface area contributed by atoms with E-state index in [0.29, 0.717) is 0 Å². The van der Waals surface area contributed by atoms with Gasteiger partial charge in [-0.15, -0.1) is 0 Å². The molecule has 0 spiro atoms. The van der Waals surface area contributed by atoms with E-state index in [9.17, 15) is 26.7 Å². The molecule has 0 saturated carbocycles. The van der Waals surface area contributed by atoms with Crippen molar-refractivity contribution in [1.82, 2.24) is 38.2 Å². The molecule has 0 bridgehead atoms. The van der Waals surface area contributed by atoms with Crippen molar-refractivity contribution in [2.45, 2.75) is 39.8 Å². The molecule has 0 atom stereocenters. The van der Waals surface area contributed by atoms with Crippen LogP contribution < -0.4 is 10.2 Å². The fourth-order valence-electron chi connectivity index (χ4n) is 2.21. The maximum absolute atomic E-state index is 12.9. The highest BCUT2D eigenvalue weighted by molar-refractivity contribution is 7.67. The number of rotatable bonds is 12. The van der Waals surface area contributed by atoms with Crippen molar-refractivity contribution in [3.8, 4) is 0 Å². The van der Waals surface area contributed by atoms with Crippen molar-refractivity contribution >= 4 is 30.8 Å². The fourth-order valence-corrected chi connectivity index (χ4v) is 9.20. The highest BCUT2D eigenvalue weighted by Gasteiger charge is 2.42. The Morgan fingerprint density at radius 2 is 0.730 bits per heavy atom. The van der Waals surface area contributed by atoms with Crippen LogP contribution in [0, 0.1) is 0 Å². The molecule has 13 nitrogen and oxygen atoms in total. The van der Waals surface area contributed by atoms with Gasteiger partial charge in [0.2, 0.25) is 0 Å². The molecule has 0 aromatic heterocycles. The predicted octanol–water partition coefficient (Wildman–Crippen LogP) is 4.71. The predicted molar refractivity (Wildman–Crippen MR) is 152 cm³/mol. The molecule has 0 aliphatic rings. The molecule has 19 heteroatoms. The normalized spacial score (nSPS) is 13.7. The first-order valence-corrected chi connectivity index (χ1v) is 17.5. The van der Waals surface area contributed by atoms with Crippen LogP contribution in [0.25, 0.3) is 0 Å². The van der Waals surface area contributed by atoms with Crippen LogP contribution in [0.5, 0.6) is 0 Å². The van der Waals surface area contributed by atoms with E-state index in [1.165, 1.54) is 46.9 Å². The summed E-state index contributed by atoms with van der Waals surface area (Å²) < 4.78 is 86.1. The highest BCUT2D eigenvalue weighted by Crippen LogP contribution is 2.66. The minimum atomic E-state index is -3.80. The summed E-state index contributed by atoms with van der Waals surface area (Å²) in [6.07, 6.45) is 0. The first kappa shape index (κ1) is 41.9. The van der Waals surface area contributed by atoms with Gasteiger partial charge in [0.1, 0.15) is 0 Å². The second kappa shape index (κ2) is 17.3. The molecule has 0 rings (SSSR count). The van der Waals surface area contributed by atoms with Crippen molar-refractivity contribution in [2.75, 3.05) is 84.6 Å². The lowest BCUT2D eigenvalue weighted by Crippen LogP contribution is -2.29. The van der Waals surface area contributed by atoms with Crippen LogP contribution in [0.15, 0.2) is 0 Å². The smallest absolute Gasteiger partial charge is 0.255 e. The van der Waals surface area contributed by atoms with E-state index < -0.39 is 30.8 Å². The Morgan fingerprint density at radius 1 is 0.514 bits per heavy atom. The molecule has 0 heterocycles. The average Bonchev–Trinajstić information content (AvgIpc) is 2.65. The standard InChI is InChI=1S/C8H24N4O3P2.C6H16FN2OP.C4H12FN2OP/c1-9(2)16(13,10(3)4)15-17(14,11(5)6)12(7)8;1-5(2)8-11(7,10)9-6(3)4;1-6(2)9(5,8)7(3)4/h1-8H3;5-6H,1-4H3,(H2,8,9,10);1-4H3. The zero-order valence-corrected chi connectivity index (χ0v) is 29.0. The Morgan fingerprint density at radius 3 is 0.838 bits per heavy atom. The maximum atomic E-state index is 12.9. The van der Waals surface area contributed by atoms with Crippen LogP contribution in [0.3, 0.4) is 0 Å². The fraction of sp³-hybridized carbons (Fsp3) is 1.00. The lowest BCUT2D eigenvalue weighted by atomic mass is 10.4. The number of nitrogens with one attached hydrogen (secondary N) is 2. The monoisotopic (exact) mass is 622 g/mol. The van der Waals surface area contributed by atoms with Crippen LogP contribution in [-0.2, 0) is 22.6 Å². The van der Waals surface area contributed by atoms with Crippen molar-refractivity contribution < 1.29 is 31.0 Å². The third-order valence-corrected chi connectivity index (χ3v) is 13.5. The van der Waals surface area contributed by atoms with E-state index >= 15 is 0 Å². The van der Waals surface area contributed by atoms with Crippen molar-refractivity contribution in [2.24, 2.45) is 0 Å². The van der Waals surface area contributed by atoms with Crippen molar-refractivity contribution in [1.29, 1.82) is 0 Å². The van der Waals surface area contributed by atoms with Crippen LogP contribution in [0.1, 0.15) is 27.7 Å². The molecule has 0 unspecified atom stereocenters. The van der Waals surface area contributed by atoms with Crippen LogP contribution in [-0.4, -0.2) is 125 Å². The summed E-state index contributed by atoms with van der Waals surface area (Å²) in [4.78, 5) is 0. The van der Waals surface area contributed by atoms with Crippen molar-refractivity contribution in [3.05, 3.63) is 0 Å². The van der Waals surface area contributed by atoms with Gasteiger partial charge < -0.3 is 0 Å². The maximum Gasteiger partial charge on any atom is 0.381 e. The van der Waals surface area contributed by atoms with Gasteiger partial charge in [-0.1, -0.05) is 0 Å². The van der Waals surface area contributed by atoms with Crippen LogP contribution in [0.2, 0.25) is 0 Å². The molecule has 0 radical (unpaired) electrons. The van der Waals surface area contributed by atoms with Crippen LogP contribution >= 0.6 is 30.8 Å². The molecular weight excluding hydrogens is 570 g/mol. The van der Waals surface area contributed by atoms with Gasteiger partial charge in [0, 0.05) is 12.1 Å². The van der Waals surface area contributed by atoms with Crippen LogP contribution in [0.4, 0.5) is 8.39 Å². The second-order valence-electron chi connectivity index (χ2n) is 9.72. The minimum Gasteiger partial charge on any atom is -0.255 e. The van der Waals surface area contributed by atoms with Gasteiger partial charge in [0.05, 0.1) is 0 Å². The first-order valence-electron chi connectivity index (χ1n) is 11.3. The van der Waals surface area contributed by atoms with Gasteiger partial charge in [-0.2, -0.15) is 8.39 Å². The summed E-state index contributed by atoms with van der Waals surface area (Å²) in [5.41, 5.74) is 0. The Kier molecular flexibility index (Phi) is 19.6. The minimum absolute atomic E-state index is 0.114. The molecule has 228 valence electrons.